The van der Waals surface area contributed by atoms with E-state index in [1.807, 2.05) is 31.2 Å². The lowest BCUT2D eigenvalue weighted by atomic mass is 10.2. The van der Waals surface area contributed by atoms with Gasteiger partial charge in [0, 0.05) is 19.1 Å². The molecule has 3 aromatic rings. The second kappa shape index (κ2) is 9.53. The molecule has 1 aromatic carbocycles. The Bertz CT molecular complexity index is 1160. The Morgan fingerprint density at radius 2 is 2.00 bits per heavy atom. The number of anilines is 2. The van der Waals surface area contributed by atoms with Crippen LogP contribution in [-0.2, 0) is 4.74 Å². The van der Waals surface area contributed by atoms with Crippen LogP contribution in [0.2, 0.25) is 0 Å². The first-order valence-electron chi connectivity index (χ1n) is 11.3. The second-order valence-electron chi connectivity index (χ2n) is 8.38. The molecule has 5 rings (SSSR count). The molecule has 33 heavy (non-hydrogen) atoms. The summed E-state index contributed by atoms with van der Waals surface area (Å²) in [4.78, 5) is 28.3. The van der Waals surface area contributed by atoms with Crippen molar-refractivity contribution in [3.63, 3.8) is 0 Å². The molecule has 2 aliphatic rings. The molecule has 2 aromatic heterocycles. The van der Waals surface area contributed by atoms with Crippen molar-refractivity contribution in [1.29, 1.82) is 0 Å². The first kappa shape index (κ1) is 21.3. The fourth-order valence-corrected chi connectivity index (χ4v) is 4.18. The lowest BCUT2D eigenvalue weighted by molar-refractivity contribution is 0.0904. The molecule has 0 atom stereocenters. The number of hydrogen-bond acceptors (Lipinski definition) is 9. The molecule has 10 heteroatoms. The molecule has 172 valence electrons. The lowest BCUT2D eigenvalue weighted by Gasteiger charge is -2.27. The summed E-state index contributed by atoms with van der Waals surface area (Å²) in [6, 6.07) is 8.17. The van der Waals surface area contributed by atoms with Gasteiger partial charge in [-0.15, -0.1) is 0 Å². The Morgan fingerprint density at radius 3 is 2.79 bits per heavy atom. The van der Waals surface area contributed by atoms with Gasteiger partial charge in [-0.05, 0) is 25.3 Å². The van der Waals surface area contributed by atoms with Gasteiger partial charge in [-0.2, -0.15) is 20.1 Å². The Labute approximate surface area is 191 Å². The van der Waals surface area contributed by atoms with Gasteiger partial charge in [0.25, 0.3) is 11.6 Å². The predicted molar refractivity (Wildman–Crippen MR) is 125 cm³/mol. The van der Waals surface area contributed by atoms with Crippen molar-refractivity contribution in [1.82, 2.24) is 20.3 Å². The molecule has 0 bridgehead atoms. The number of nitrogens with zero attached hydrogens (tertiary/aromatic N) is 5. The van der Waals surface area contributed by atoms with Gasteiger partial charge in [-0.25, -0.2) is 5.43 Å². The second-order valence-corrected chi connectivity index (χ2v) is 8.38. The van der Waals surface area contributed by atoms with Crippen LogP contribution < -0.4 is 15.6 Å². The zero-order valence-electron chi connectivity index (χ0n) is 18.6. The molecule has 1 aliphatic heterocycles. The van der Waals surface area contributed by atoms with Crippen LogP contribution in [0.25, 0.3) is 11.2 Å². The molecule has 2 N–H and O–H groups in total. The molecule has 3 heterocycles. The predicted octanol–water partition coefficient (Wildman–Crippen LogP) is 2.88. The van der Waals surface area contributed by atoms with Gasteiger partial charge in [-0.3, -0.25) is 4.79 Å². The van der Waals surface area contributed by atoms with Crippen molar-refractivity contribution in [2.75, 3.05) is 36.6 Å². The van der Waals surface area contributed by atoms with Crippen LogP contribution in [0.1, 0.15) is 47.5 Å². The maximum Gasteiger partial charge on any atom is 0.307 e. The number of hydrazone groups is 1. The summed E-state index contributed by atoms with van der Waals surface area (Å²) in [6.07, 6.45) is 5.93. The van der Waals surface area contributed by atoms with E-state index in [0.717, 1.165) is 36.8 Å². The molecule has 1 amide bonds. The van der Waals surface area contributed by atoms with Crippen molar-refractivity contribution in [3.8, 4) is 0 Å². The highest BCUT2D eigenvalue weighted by molar-refractivity contribution is 5.94. The van der Waals surface area contributed by atoms with Gasteiger partial charge in [0.2, 0.25) is 5.95 Å². The van der Waals surface area contributed by atoms with Crippen molar-refractivity contribution in [2.24, 2.45) is 5.10 Å². The van der Waals surface area contributed by atoms with E-state index in [-0.39, 0.29) is 29.5 Å². The van der Waals surface area contributed by atoms with Crippen molar-refractivity contribution < 1.29 is 13.9 Å². The van der Waals surface area contributed by atoms with Crippen LogP contribution in [-0.4, -0.2) is 59.4 Å². The number of amides is 1. The van der Waals surface area contributed by atoms with Gasteiger partial charge < -0.3 is 19.4 Å². The van der Waals surface area contributed by atoms with E-state index in [1.54, 1.807) is 6.21 Å². The third-order valence-electron chi connectivity index (χ3n) is 5.86. The first-order chi connectivity index (χ1) is 16.2. The van der Waals surface area contributed by atoms with E-state index in [1.165, 1.54) is 0 Å². The maximum atomic E-state index is 12.7. The highest BCUT2D eigenvalue weighted by atomic mass is 16.5. The highest BCUT2D eigenvalue weighted by Crippen LogP contribution is 2.27. The number of ether oxygens (including phenoxy) is 1. The van der Waals surface area contributed by atoms with Gasteiger partial charge in [0.1, 0.15) is 0 Å². The summed E-state index contributed by atoms with van der Waals surface area (Å²) in [6.45, 7) is 4.53. The third-order valence-corrected chi connectivity index (χ3v) is 5.86. The molecule has 0 unspecified atom stereocenters. The molecular formula is C23H27N7O3. The minimum Gasteiger partial charge on any atom is -0.413 e. The van der Waals surface area contributed by atoms with Crippen LogP contribution in [0, 0.1) is 6.92 Å². The Morgan fingerprint density at radius 1 is 1.18 bits per heavy atom. The van der Waals surface area contributed by atoms with Gasteiger partial charge >= 0.3 is 5.91 Å². The highest BCUT2D eigenvalue weighted by Gasteiger charge is 2.25. The largest absolute Gasteiger partial charge is 0.413 e. The minimum atomic E-state index is -0.320. The summed E-state index contributed by atoms with van der Waals surface area (Å²) >= 11 is 0. The number of oxazole rings is 1. The van der Waals surface area contributed by atoms with Crippen molar-refractivity contribution >= 4 is 35.1 Å². The van der Waals surface area contributed by atoms with Gasteiger partial charge in [0.15, 0.2) is 11.3 Å². The van der Waals surface area contributed by atoms with Gasteiger partial charge in [-0.1, -0.05) is 42.7 Å². The smallest absolute Gasteiger partial charge is 0.307 e. The fourth-order valence-electron chi connectivity index (χ4n) is 4.18. The van der Waals surface area contributed by atoms with E-state index >= 15 is 0 Å². The summed E-state index contributed by atoms with van der Waals surface area (Å²) in [5.74, 6) is 0.549. The van der Waals surface area contributed by atoms with Crippen LogP contribution in [0.5, 0.6) is 0 Å². The third kappa shape index (κ3) is 4.95. The average molecular weight is 450 g/mol. The zero-order valence-corrected chi connectivity index (χ0v) is 18.6. The van der Waals surface area contributed by atoms with Crippen LogP contribution in [0.15, 0.2) is 33.8 Å². The maximum absolute atomic E-state index is 12.7. The average Bonchev–Trinajstić information content (AvgIpc) is 3.49. The van der Waals surface area contributed by atoms with E-state index in [2.05, 4.69) is 35.7 Å². The van der Waals surface area contributed by atoms with E-state index in [4.69, 9.17) is 9.15 Å². The lowest BCUT2D eigenvalue weighted by Crippen LogP contribution is -2.37. The number of fused-ring (bicyclic) bond motifs is 1. The quantitative estimate of drug-likeness (QED) is 0.436. The van der Waals surface area contributed by atoms with Crippen molar-refractivity contribution in [3.05, 3.63) is 41.3 Å². The number of morpholine rings is 1. The number of aryl methyl sites for hydroxylation is 1. The molecule has 1 saturated heterocycles. The number of nitrogens with one attached hydrogen (secondary N) is 2. The summed E-state index contributed by atoms with van der Waals surface area (Å²) in [5.41, 5.74) is 5.70. The van der Waals surface area contributed by atoms with Crippen molar-refractivity contribution in [2.45, 2.75) is 38.6 Å². The Balaban J connectivity index is 1.43. The van der Waals surface area contributed by atoms with E-state index in [0.29, 0.717) is 37.6 Å². The number of carbonyl (C=O) groups excluding carboxylic acids is 1. The minimum absolute atomic E-state index is 0.00104. The molecule has 1 aliphatic carbocycles. The van der Waals surface area contributed by atoms with Crippen LogP contribution in [0.4, 0.5) is 11.8 Å². The van der Waals surface area contributed by atoms with Crippen LogP contribution in [0.3, 0.4) is 0 Å². The molecule has 1 saturated carbocycles. The number of carbonyl (C=O) groups is 1. The molecule has 0 spiro atoms. The molecule has 2 fully saturated rings. The van der Waals surface area contributed by atoms with E-state index < -0.39 is 0 Å². The number of hydrogen-bond donors (Lipinski definition) is 2. The van der Waals surface area contributed by atoms with E-state index in [9.17, 15) is 4.79 Å². The summed E-state index contributed by atoms with van der Waals surface area (Å²) in [7, 11) is 0. The monoisotopic (exact) mass is 449 g/mol. The topological polar surface area (TPSA) is 118 Å². The zero-order chi connectivity index (χ0) is 22.6. The summed E-state index contributed by atoms with van der Waals surface area (Å²) < 4.78 is 11.2. The van der Waals surface area contributed by atoms with Crippen LogP contribution >= 0.6 is 0 Å². The molecule has 0 radical (unpaired) electrons. The standard InChI is InChI=1S/C23H27N7O3/c1-15-5-4-6-16(13-15)14-24-29-23-27-19(30-9-11-32-12-10-30)18-21(28-23)33-22(26-18)20(31)25-17-7-2-3-8-17/h4-6,13-14,17H,2-3,7-12H2,1H3,(H,25,31)(H,27,28,29)/b24-14+. The Kier molecular flexibility index (Phi) is 6.16. The summed E-state index contributed by atoms with van der Waals surface area (Å²) in [5, 5.41) is 7.28. The molecule has 10 nitrogen and oxygen atoms in total. The number of benzene rings is 1. The van der Waals surface area contributed by atoms with Gasteiger partial charge in [0.05, 0.1) is 19.4 Å². The Hall–Kier alpha value is -3.53. The number of aromatic nitrogens is 3. The normalized spacial score (nSPS) is 17.2. The molecular weight excluding hydrogens is 422 g/mol. The fraction of sp³-hybridized carbons (Fsp3) is 0.435. The first-order valence-corrected chi connectivity index (χ1v) is 11.3. The number of rotatable bonds is 6. The SMILES string of the molecule is Cc1cccc(/C=N/Nc2nc(N3CCOCC3)c3nc(C(=O)NC4CCCC4)oc3n2)c1.